The number of carbonyl (C=O) groups excluding carboxylic acids is 1. The van der Waals surface area contributed by atoms with Crippen molar-refractivity contribution in [3.63, 3.8) is 0 Å². The number of urea groups is 1. The Morgan fingerprint density at radius 1 is 1.32 bits per heavy atom. The molecule has 1 heterocycles. The Morgan fingerprint density at radius 2 is 2.08 bits per heavy atom. The molecule has 1 N–H and O–H groups in total. The van der Waals surface area contributed by atoms with Gasteiger partial charge in [0.15, 0.2) is 0 Å². The van der Waals surface area contributed by atoms with Crippen molar-refractivity contribution in [3.05, 3.63) is 42.0 Å². The third-order valence-corrected chi connectivity index (χ3v) is 4.75. The Kier molecular flexibility index (Phi) is 5.43. The molecule has 0 saturated carbocycles. The Labute approximate surface area is 148 Å². The topological polar surface area (TPSA) is 50.8 Å². The lowest BCUT2D eigenvalue weighted by Gasteiger charge is -2.24. The number of ether oxygens (including phenoxy) is 2. The normalized spacial score (nSPS) is 18.1. The largest absolute Gasteiger partial charge is 0.497 e. The van der Waals surface area contributed by atoms with Crippen LogP contribution < -0.4 is 10.1 Å². The highest BCUT2D eigenvalue weighted by molar-refractivity contribution is 5.84. The fraction of sp³-hybridized carbons (Fsp3) is 0.450. The van der Waals surface area contributed by atoms with Gasteiger partial charge in [-0.3, -0.25) is 0 Å². The third kappa shape index (κ3) is 4.23. The van der Waals surface area contributed by atoms with Crippen LogP contribution in [-0.4, -0.2) is 43.8 Å². The summed E-state index contributed by atoms with van der Waals surface area (Å²) in [6.45, 7) is 3.36. The summed E-state index contributed by atoms with van der Waals surface area (Å²) in [7, 11) is 3.48. The lowest BCUT2D eigenvalue weighted by Crippen LogP contribution is -2.46. The highest BCUT2D eigenvalue weighted by Gasteiger charge is 2.24. The van der Waals surface area contributed by atoms with E-state index in [0.717, 1.165) is 41.5 Å². The van der Waals surface area contributed by atoms with Gasteiger partial charge in [0.05, 0.1) is 19.3 Å². The van der Waals surface area contributed by atoms with E-state index in [9.17, 15) is 4.79 Å². The second-order valence-electron chi connectivity index (χ2n) is 6.69. The monoisotopic (exact) mass is 342 g/mol. The minimum Gasteiger partial charge on any atom is -0.497 e. The van der Waals surface area contributed by atoms with Gasteiger partial charge in [-0.25, -0.2) is 4.79 Å². The quantitative estimate of drug-likeness (QED) is 0.904. The molecule has 134 valence electrons. The van der Waals surface area contributed by atoms with Gasteiger partial charge in [-0.15, -0.1) is 0 Å². The standard InChI is InChI=1S/C20H26N2O3/c1-14(19-5-4-10-25-19)21-20(23)22(2)13-15-6-7-17-12-18(24-3)9-8-16(17)11-15/h6-9,11-12,14,19H,4-5,10,13H2,1-3H3,(H,21,23). The first-order chi connectivity index (χ1) is 12.1. The predicted molar refractivity (Wildman–Crippen MR) is 98.9 cm³/mol. The van der Waals surface area contributed by atoms with Gasteiger partial charge in [0, 0.05) is 20.2 Å². The average Bonchev–Trinajstić information content (AvgIpc) is 3.16. The van der Waals surface area contributed by atoms with Crippen LogP contribution in [0, 0.1) is 0 Å². The summed E-state index contributed by atoms with van der Waals surface area (Å²) in [6.07, 6.45) is 2.22. The van der Waals surface area contributed by atoms with Gasteiger partial charge in [0.25, 0.3) is 0 Å². The van der Waals surface area contributed by atoms with Crippen LogP contribution in [0.25, 0.3) is 10.8 Å². The molecule has 0 bridgehead atoms. The molecular formula is C20H26N2O3. The van der Waals surface area contributed by atoms with Crippen molar-refractivity contribution in [1.82, 2.24) is 10.2 Å². The number of methoxy groups -OCH3 is 1. The minimum absolute atomic E-state index is 0.0292. The molecule has 2 aromatic rings. The molecule has 5 heteroatoms. The van der Waals surface area contributed by atoms with Crippen LogP contribution in [0.5, 0.6) is 5.75 Å². The van der Waals surface area contributed by atoms with Gasteiger partial charge in [-0.05, 0) is 54.3 Å². The summed E-state index contributed by atoms with van der Waals surface area (Å²) >= 11 is 0. The van der Waals surface area contributed by atoms with Crippen LogP contribution in [-0.2, 0) is 11.3 Å². The fourth-order valence-electron chi connectivity index (χ4n) is 3.24. The molecule has 0 aliphatic carbocycles. The van der Waals surface area contributed by atoms with Gasteiger partial charge < -0.3 is 19.7 Å². The van der Waals surface area contributed by atoms with E-state index in [4.69, 9.17) is 9.47 Å². The zero-order valence-corrected chi connectivity index (χ0v) is 15.1. The van der Waals surface area contributed by atoms with Crippen molar-refractivity contribution in [2.45, 2.75) is 38.5 Å². The fourth-order valence-corrected chi connectivity index (χ4v) is 3.24. The SMILES string of the molecule is COc1ccc2cc(CN(C)C(=O)NC(C)C3CCCO3)ccc2c1. The van der Waals surface area contributed by atoms with Crippen molar-refractivity contribution in [1.29, 1.82) is 0 Å². The molecule has 0 radical (unpaired) electrons. The second kappa shape index (κ2) is 7.74. The first-order valence-electron chi connectivity index (χ1n) is 8.77. The third-order valence-electron chi connectivity index (χ3n) is 4.75. The Balaban J connectivity index is 1.62. The highest BCUT2D eigenvalue weighted by Crippen LogP contribution is 2.22. The van der Waals surface area contributed by atoms with E-state index in [1.165, 1.54) is 0 Å². The summed E-state index contributed by atoms with van der Waals surface area (Å²) in [5.74, 6) is 0.847. The van der Waals surface area contributed by atoms with E-state index in [2.05, 4.69) is 23.5 Å². The number of amides is 2. The molecule has 2 amide bonds. The Morgan fingerprint density at radius 3 is 2.80 bits per heavy atom. The smallest absolute Gasteiger partial charge is 0.317 e. The van der Waals surface area contributed by atoms with Crippen molar-refractivity contribution < 1.29 is 14.3 Å². The molecule has 2 aromatic carbocycles. The van der Waals surface area contributed by atoms with E-state index < -0.39 is 0 Å². The van der Waals surface area contributed by atoms with Gasteiger partial charge in [-0.1, -0.05) is 18.2 Å². The molecular weight excluding hydrogens is 316 g/mol. The molecule has 5 nitrogen and oxygen atoms in total. The molecule has 2 atom stereocenters. The molecule has 1 aliphatic heterocycles. The predicted octanol–water partition coefficient (Wildman–Crippen LogP) is 3.56. The van der Waals surface area contributed by atoms with E-state index in [-0.39, 0.29) is 18.2 Å². The first-order valence-corrected chi connectivity index (χ1v) is 8.77. The lowest BCUT2D eigenvalue weighted by atomic mass is 10.1. The maximum atomic E-state index is 12.4. The average molecular weight is 342 g/mol. The first kappa shape index (κ1) is 17.5. The lowest BCUT2D eigenvalue weighted by molar-refractivity contribution is 0.0838. The molecule has 0 spiro atoms. The number of fused-ring (bicyclic) bond motifs is 1. The number of nitrogens with one attached hydrogen (secondary N) is 1. The minimum atomic E-state index is -0.0715. The zero-order chi connectivity index (χ0) is 17.8. The molecule has 25 heavy (non-hydrogen) atoms. The van der Waals surface area contributed by atoms with Crippen molar-refractivity contribution in [2.75, 3.05) is 20.8 Å². The second-order valence-corrected chi connectivity index (χ2v) is 6.69. The summed E-state index contributed by atoms with van der Waals surface area (Å²) in [5, 5.41) is 5.31. The van der Waals surface area contributed by atoms with Crippen LogP contribution in [0.4, 0.5) is 4.79 Å². The van der Waals surface area contributed by atoms with Crippen LogP contribution in [0.3, 0.4) is 0 Å². The number of rotatable bonds is 5. The summed E-state index contributed by atoms with van der Waals surface area (Å²) < 4.78 is 10.9. The van der Waals surface area contributed by atoms with E-state index >= 15 is 0 Å². The van der Waals surface area contributed by atoms with Crippen molar-refractivity contribution >= 4 is 16.8 Å². The summed E-state index contributed by atoms with van der Waals surface area (Å²) in [5.41, 5.74) is 1.10. The van der Waals surface area contributed by atoms with Crippen LogP contribution >= 0.6 is 0 Å². The van der Waals surface area contributed by atoms with Gasteiger partial charge in [-0.2, -0.15) is 0 Å². The molecule has 1 fully saturated rings. The van der Waals surface area contributed by atoms with Crippen LogP contribution in [0.1, 0.15) is 25.3 Å². The number of nitrogens with zero attached hydrogens (tertiary/aromatic N) is 1. The van der Waals surface area contributed by atoms with Gasteiger partial charge in [0.1, 0.15) is 5.75 Å². The highest BCUT2D eigenvalue weighted by atomic mass is 16.5. The van der Waals surface area contributed by atoms with E-state index in [1.807, 2.05) is 32.2 Å². The molecule has 1 aliphatic rings. The molecule has 2 unspecified atom stereocenters. The number of hydrogen-bond donors (Lipinski definition) is 1. The van der Waals surface area contributed by atoms with E-state index in [1.54, 1.807) is 12.0 Å². The number of benzene rings is 2. The maximum Gasteiger partial charge on any atom is 0.317 e. The zero-order valence-electron chi connectivity index (χ0n) is 15.1. The van der Waals surface area contributed by atoms with Crippen LogP contribution in [0.2, 0.25) is 0 Å². The van der Waals surface area contributed by atoms with Gasteiger partial charge >= 0.3 is 6.03 Å². The number of hydrogen-bond acceptors (Lipinski definition) is 3. The van der Waals surface area contributed by atoms with Crippen molar-refractivity contribution in [3.8, 4) is 5.75 Å². The maximum absolute atomic E-state index is 12.4. The van der Waals surface area contributed by atoms with Gasteiger partial charge in [0.2, 0.25) is 0 Å². The number of carbonyl (C=O) groups is 1. The van der Waals surface area contributed by atoms with E-state index in [0.29, 0.717) is 6.54 Å². The van der Waals surface area contributed by atoms with Crippen LogP contribution in [0.15, 0.2) is 36.4 Å². The molecule has 0 aromatic heterocycles. The Hall–Kier alpha value is -2.27. The molecule has 1 saturated heterocycles. The summed E-state index contributed by atoms with van der Waals surface area (Å²) in [4.78, 5) is 14.1. The van der Waals surface area contributed by atoms with Crippen molar-refractivity contribution in [2.24, 2.45) is 0 Å². The Bertz CT molecular complexity index is 741. The summed E-state index contributed by atoms with van der Waals surface area (Å²) in [6, 6.07) is 12.2. The molecule has 3 rings (SSSR count).